The Morgan fingerprint density at radius 2 is 2.13 bits per heavy atom. The van der Waals surface area contributed by atoms with Crippen LogP contribution >= 0.6 is 11.6 Å². The fourth-order valence-corrected chi connectivity index (χ4v) is 2.13. The first-order valence-electron chi connectivity index (χ1n) is 7.18. The average Bonchev–Trinajstić information content (AvgIpc) is 2.63. The standard InChI is InChI=1S/C17H18ClN3O2/c1-3-23-17(22)21-13-7-5-10-19-16(20-11-9-13)14-8-4-6-12(2)15(14)18/h4-11H,3H2,1-2H3,(H,19,20)(H,21,22). The van der Waals surface area contributed by atoms with Gasteiger partial charge in [0.05, 0.1) is 11.6 Å². The summed E-state index contributed by atoms with van der Waals surface area (Å²) in [5, 5.41) is 3.29. The predicted molar refractivity (Wildman–Crippen MR) is 92.0 cm³/mol. The summed E-state index contributed by atoms with van der Waals surface area (Å²) in [5.41, 5.74) is 2.37. The number of halogens is 1. The normalized spacial score (nSPS) is 9.87. The second-order valence-electron chi connectivity index (χ2n) is 4.70. The smallest absolute Gasteiger partial charge is 0.411 e. The number of nitrogens with one attached hydrogen (secondary N) is 2. The Balaban J connectivity index is 2.36. The van der Waals surface area contributed by atoms with Crippen molar-refractivity contribution in [3.05, 3.63) is 59.4 Å². The molecule has 0 aliphatic rings. The molecule has 120 valence electrons. The summed E-state index contributed by atoms with van der Waals surface area (Å²) in [6, 6.07) is 10.9. The summed E-state index contributed by atoms with van der Waals surface area (Å²) in [6.07, 6.45) is 2.81. The van der Waals surface area contributed by atoms with Gasteiger partial charge in [-0.3, -0.25) is 5.32 Å². The molecule has 5 nitrogen and oxygen atoms in total. The van der Waals surface area contributed by atoms with Gasteiger partial charge >= 0.3 is 6.09 Å². The number of carbonyl (C=O) groups is 1. The monoisotopic (exact) mass is 331 g/mol. The highest BCUT2D eigenvalue weighted by Crippen LogP contribution is 2.27. The van der Waals surface area contributed by atoms with Crippen molar-refractivity contribution < 1.29 is 9.53 Å². The van der Waals surface area contributed by atoms with E-state index in [4.69, 9.17) is 16.3 Å². The number of aromatic nitrogens is 2. The molecule has 0 radical (unpaired) electrons. The van der Waals surface area contributed by atoms with E-state index in [0.717, 1.165) is 11.1 Å². The summed E-state index contributed by atoms with van der Waals surface area (Å²) in [4.78, 5) is 18.9. The molecule has 23 heavy (non-hydrogen) atoms. The zero-order valence-electron chi connectivity index (χ0n) is 13.0. The van der Waals surface area contributed by atoms with Crippen LogP contribution in [0.3, 0.4) is 0 Å². The zero-order valence-corrected chi connectivity index (χ0v) is 13.7. The molecule has 0 fully saturated rings. The molecule has 0 unspecified atom stereocenters. The number of ether oxygens (including phenoxy) is 1. The van der Waals surface area contributed by atoms with E-state index < -0.39 is 6.09 Å². The molecule has 1 aromatic carbocycles. The van der Waals surface area contributed by atoms with Crippen molar-refractivity contribution >= 4 is 23.4 Å². The molecule has 0 saturated carbocycles. The van der Waals surface area contributed by atoms with Crippen LogP contribution in [0.2, 0.25) is 5.02 Å². The van der Waals surface area contributed by atoms with Gasteiger partial charge in [0.15, 0.2) is 0 Å². The summed E-state index contributed by atoms with van der Waals surface area (Å²) in [5.74, 6) is 0.622. The van der Waals surface area contributed by atoms with E-state index in [1.54, 1.807) is 37.5 Å². The predicted octanol–water partition coefficient (Wildman–Crippen LogP) is 4.73. The maximum absolute atomic E-state index is 11.5. The summed E-state index contributed by atoms with van der Waals surface area (Å²) in [7, 11) is 0. The first-order valence-corrected chi connectivity index (χ1v) is 7.56. The highest BCUT2D eigenvalue weighted by molar-refractivity contribution is 6.33. The van der Waals surface area contributed by atoms with Crippen LogP contribution in [0, 0.1) is 6.92 Å². The molecule has 0 atom stereocenters. The van der Waals surface area contributed by atoms with Gasteiger partial charge < -0.3 is 9.72 Å². The van der Waals surface area contributed by atoms with E-state index >= 15 is 0 Å². The molecule has 0 aliphatic carbocycles. The Hall–Kier alpha value is -2.53. The van der Waals surface area contributed by atoms with Crippen molar-refractivity contribution in [3.63, 3.8) is 0 Å². The molecular weight excluding hydrogens is 314 g/mol. The van der Waals surface area contributed by atoms with Crippen LogP contribution in [0.25, 0.3) is 11.4 Å². The maximum atomic E-state index is 11.5. The molecule has 6 heteroatoms. The number of benzene rings is 1. The first kappa shape index (κ1) is 16.8. The van der Waals surface area contributed by atoms with Crippen LogP contribution in [-0.2, 0) is 4.74 Å². The molecular formula is C17H18ClN3O2. The fraction of sp³-hybridized carbons (Fsp3) is 0.176. The van der Waals surface area contributed by atoms with Crippen molar-refractivity contribution in [2.24, 2.45) is 0 Å². The topological polar surface area (TPSA) is 67.0 Å². The number of anilines is 1. The molecule has 2 rings (SSSR count). The third kappa shape index (κ3) is 4.72. The van der Waals surface area contributed by atoms with E-state index in [0.29, 0.717) is 23.1 Å². The number of amides is 1. The number of hydrogen-bond acceptors (Lipinski definition) is 3. The highest BCUT2D eigenvalue weighted by atomic mass is 35.5. The van der Waals surface area contributed by atoms with Gasteiger partial charge in [-0.2, -0.15) is 0 Å². The lowest BCUT2D eigenvalue weighted by molar-refractivity contribution is 0.168. The highest BCUT2D eigenvalue weighted by Gasteiger charge is 2.05. The number of aryl methyl sites for hydroxylation is 1. The van der Waals surface area contributed by atoms with Gasteiger partial charge in [0.1, 0.15) is 5.82 Å². The van der Waals surface area contributed by atoms with Crippen molar-refractivity contribution in [3.8, 4) is 11.4 Å². The van der Waals surface area contributed by atoms with Crippen LogP contribution in [-0.4, -0.2) is 22.7 Å². The molecule has 1 amide bonds. The molecule has 2 aromatic rings. The third-order valence-electron chi connectivity index (χ3n) is 3.02. The van der Waals surface area contributed by atoms with Gasteiger partial charge in [-0.1, -0.05) is 23.7 Å². The molecule has 1 heterocycles. The van der Waals surface area contributed by atoms with Crippen LogP contribution in [0.4, 0.5) is 10.5 Å². The number of hydrogen-bond donors (Lipinski definition) is 2. The van der Waals surface area contributed by atoms with Crippen molar-refractivity contribution in [2.45, 2.75) is 13.8 Å². The zero-order chi connectivity index (χ0) is 16.7. The Kier molecular flexibility index (Phi) is 6.00. The van der Waals surface area contributed by atoms with Crippen molar-refractivity contribution in [2.75, 3.05) is 11.9 Å². The van der Waals surface area contributed by atoms with E-state index in [2.05, 4.69) is 15.3 Å². The van der Waals surface area contributed by atoms with Gasteiger partial charge in [-0.25, -0.2) is 9.78 Å². The maximum Gasteiger partial charge on any atom is 0.411 e. The summed E-state index contributed by atoms with van der Waals surface area (Å²) < 4.78 is 4.85. The number of carbonyl (C=O) groups excluding carboxylic acids is 1. The molecule has 0 aliphatic heterocycles. The Morgan fingerprint density at radius 1 is 1.30 bits per heavy atom. The Morgan fingerprint density at radius 3 is 2.91 bits per heavy atom. The lowest BCUT2D eigenvalue weighted by atomic mass is 10.1. The molecule has 0 spiro atoms. The molecule has 2 N–H and O–H groups in total. The lowest BCUT2D eigenvalue weighted by Crippen LogP contribution is -2.12. The summed E-state index contributed by atoms with van der Waals surface area (Å²) in [6.45, 7) is 4.01. The van der Waals surface area contributed by atoms with Gasteiger partial charge in [-0.05, 0) is 43.7 Å². The fourth-order valence-electron chi connectivity index (χ4n) is 1.91. The number of H-pyrrole nitrogens is 1. The first-order chi connectivity index (χ1) is 11.1. The van der Waals surface area contributed by atoms with E-state index in [9.17, 15) is 4.79 Å². The van der Waals surface area contributed by atoms with E-state index in [1.165, 1.54) is 0 Å². The van der Waals surface area contributed by atoms with Crippen LogP contribution in [0.15, 0.2) is 48.8 Å². The number of rotatable bonds is 3. The van der Waals surface area contributed by atoms with Crippen molar-refractivity contribution in [1.29, 1.82) is 0 Å². The van der Waals surface area contributed by atoms with Gasteiger partial charge in [0, 0.05) is 23.6 Å². The second kappa shape index (κ2) is 8.19. The number of aromatic amines is 1. The van der Waals surface area contributed by atoms with Gasteiger partial charge in [0.25, 0.3) is 0 Å². The van der Waals surface area contributed by atoms with Gasteiger partial charge in [0.2, 0.25) is 0 Å². The molecule has 0 bridgehead atoms. The van der Waals surface area contributed by atoms with Crippen LogP contribution in [0.1, 0.15) is 12.5 Å². The minimum atomic E-state index is -0.501. The summed E-state index contributed by atoms with van der Waals surface area (Å²) >= 11 is 6.34. The molecule has 1 aromatic heterocycles. The third-order valence-corrected chi connectivity index (χ3v) is 3.52. The van der Waals surface area contributed by atoms with Gasteiger partial charge in [-0.15, -0.1) is 0 Å². The Labute approximate surface area is 140 Å². The van der Waals surface area contributed by atoms with E-state index in [-0.39, 0.29) is 0 Å². The average molecular weight is 332 g/mol. The van der Waals surface area contributed by atoms with Crippen LogP contribution in [0.5, 0.6) is 0 Å². The lowest BCUT2D eigenvalue weighted by Gasteiger charge is -2.04. The molecule has 0 saturated heterocycles. The number of nitrogens with zero attached hydrogens (tertiary/aromatic N) is 1. The Bertz CT molecular complexity index is 742. The second-order valence-corrected chi connectivity index (χ2v) is 5.08. The minimum Gasteiger partial charge on any atom is -0.450 e. The van der Waals surface area contributed by atoms with Crippen LogP contribution < -0.4 is 5.32 Å². The van der Waals surface area contributed by atoms with E-state index in [1.807, 2.05) is 25.1 Å². The largest absolute Gasteiger partial charge is 0.450 e. The quantitative estimate of drug-likeness (QED) is 0.854. The minimum absolute atomic E-state index is 0.316. The van der Waals surface area contributed by atoms with Crippen molar-refractivity contribution in [1.82, 2.24) is 9.97 Å². The SMILES string of the molecule is CCOC(=O)Nc1cccnc(-c2cccc(C)c2Cl)[nH]cc1.